The number of rotatable bonds is 1. The summed E-state index contributed by atoms with van der Waals surface area (Å²) in [6, 6.07) is 24.9. The van der Waals surface area contributed by atoms with E-state index >= 15 is 0 Å². The third kappa shape index (κ3) is 1.82. The summed E-state index contributed by atoms with van der Waals surface area (Å²) in [6.07, 6.45) is 0. The molecule has 3 aromatic carbocycles. The molecule has 4 rings (SSSR count). The topological polar surface area (TPSA) is 25.8 Å². The average molecular weight is 256 g/mol. The largest absolute Gasteiger partial charge is 0.150 e. The third-order valence-corrected chi connectivity index (χ3v) is 3.54. The molecule has 94 valence electrons. The van der Waals surface area contributed by atoms with E-state index in [0.29, 0.717) is 0 Å². The Morgan fingerprint density at radius 1 is 0.550 bits per heavy atom. The normalized spacial score (nSPS) is 11.0. The van der Waals surface area contributed by atoms with Crippen molar-refractivity contribution in [2.45, 2.75) is 0 Å². The molecule has 0 saturated carbocycles. The number of nitrogens with zero attached hydrogens (tertiary/aromatic N) is 2. The Morgan fingerprint density at radius 2 is 1.30 bits per heavy atom. The minimum absolute atomic E-state index is 0.912. The number of fused-ring (bicyclic) bond motifs is 2. The van der Waals surface area contributed by atoms with Crippen LogP contribution in [0.25, 0.3) is 32.9 Å². The Kier molecular flexibility index (Phi) is 2.46. The molecular weight excluding hydrogens is 244 g/mol. The van der Waals surface area contributed by atoms with Crippen LogP contribution >= 0.6 is 0 Å². The van der Waals surface area contributed by atoms with Crippen LogP contribution in [0.5, 0.6) is 0 Å². The SMILES string of the molecule is c1ccc2cc(-c3cc4ccccc4nn3)ccc2c1. The van der Waals surface area contributed by atoms with Gasteiger partial charge in [0, 0.05) is 10.9 Å². The number of hydrogen-bond donors (Lipinski definition) is 0. The van der Waals surface area contributed by atoms with Crippen molar-refractivity contribution in [1.29, 1.82) is 0 Å². The summed E-state index contributed by atoms with van der Waals surface area (Å²) in [5, 5.41) is 12.2. The third-order valence-electron chi connectivity index (χ3n) is 3.54. The first-order valence-electron chi connectivity index (χ1n) is 6.62. The molecule has 2 nitrogen and oxygen atoms in total. The molecule has 0 amide bonds. The van der Waals surface area contributed by atoms with Gasteiger partial charge in [-0.05, 0) is 29.0 Å². The quantitative estimate of drug-likeness (QED) is 0.503. The van der Waals surface area contributed by atoms with Crippen LogP contribution in [-0.4, -0.2) is 10.2 Å². The molecule has 0 N–H and O–H groups in total. The van der Waals surface area contributed by atoms with Crippen LogP contribution < -0.4 is 0 Å². The lowest BCUT2D eigenvalue weighted by Gasteiger charge is -2.04. The van der Waals surface area contributed by atoms with Crippen LogP contribution in [-0.2, 0) is 0 Å². The summed E-state index contributed by atoms with van der Waals surface area (Å²) in [7, 11) is 0. The van der Waals surface area contributed by atoms with Crippen LogP contribution in [0.3, 0.4) is 0 Å². The molecular formula is C18H12N2. The summed E-state index contributed by atoms with van der Waals surface area (Å²) >= 11 is 0. The molecule has 0 fully saturated rings. The Morgan fingerprint density at radius 3 is 2.20 bits per heavy atom. The molecule has 1 aromatic heterocycles. The van der Waals surface area contributed by atoms with Crippen molar-refractivity contribution >= 4 is 21.7 Å². The van der Waals surface area contributed by atoms with Gasteiger partial charge < -0.3 is 0 Å². The molecule has 0 radical (unpaired) electrons. The number of benzene rings is 3. The maximum atomic E-state index is 4.33. The smallest absolute Gasteiger partial charge is 0.0936 e. The molecule has 0 spiro atoms. The van der Waals surface area contributed by atoms with Crippen LogP contribution in [0.2, 0.25) is 0 Å². The lowest BCUT2D eigenvalue weighted by Crippen LogP contribution is -1.89. The molecule has 0 unspecified atom stereocenters. The number of hydrogen-bond acceptors (Lipinski definition) is 2. The van der Waals surface area contributed by atoms with Crippen LogP contribution in [0.15, 0.2) is 72.8 Å². The molecule has 2 heteroatoms. The van der Waals surface area contributed by atoms with E-state index in [9.17, 15) is 0 Å². The molecule has 0 aliphatic heterocycles. The molecule has 0 atom stereocenters. The lowest BCUT2D eigenvalue weighted by molar-refractivity contribution is 1.08. The van der Waals surface area contributed by atoms with Gasteiger partial charge in [-0.25, -0.2) is 0 Å². The van der Waals surface area contributed by atoms with Gasteiger partial charge in [0.05, 0.1) is 11.2 Å². The minimum Gasteiger partial charge on any atom is -0.150 e. The van der Waals surface area contributed by atoms with Gasteiger partial charge in [-0.15, -0.1) is 10.2 Å². The predicted molar refractivity (Wildman–Crippen MR) is 82.5 cm³/mol. The van der Waals surface area contributed by atoms with Gasteiger partial charge in [0.25, 0.3) is 0 Å². The van der Waals surface area contributed by atoms with Crippen LogP contribution in [0.1, 0.15) is 0 Å². The maximum Gasteiger partial charge on any atom is 0.0936 e. The van der Waals surface area contributed by atoms with E-state index in [0.717, 1.165) is 22.2 Å². The molecule has 1 heterocycles. The van der Waals surface area contributed by atoms with Gasteiger partial charge in [-0.1, -0.05) is 54.6 Å². The summed E-state index contributed by atoms with van der Waals surface area (Å²) in [4.78, 5) is 0. The van der Waals surface area contributed by atoms with Crippen molar-refractivity contribution in [3.05, 3.63) is 72.8 Å². The molecule has 0 bridgehead atoms. The lowest BCUT2D eigenvalue weighted by atomic mass is 10.0. The van der Waals surface area contributed by atoms with E-state index in [1.807, 2.05) is 18.2 Å². The van der Waals surface area contributed by atoms with Crippen molar-refractivity contribution in [3.8, 4) is 11.3 Å². The van der Waals surface area contributed by atoms with Gasteiger partial charge in [0.15, 0.2) is 0 Å². The first-order valence-corrected chi connectivity index (χ1v) is 6.62. The monoisotopic (exact) mass is 256 g/mol. The van der Waals surface area contributed by atoms with Crippen LogP contribution in [0.4, 0.5) is 0 Å². The highest BCUT2D eigenvalue weighted by atomic mass is 15.1. The second-order valence-corrected chi connectivity index (χ2v) is 4.85. The van der Waals surface area contributed by atoms with Gasteiger partial charge in [-0.3, -0.25) is 0 Å². The maximum absolute atomic E-state index is 4.33. The fourth-order valence-electron chi connectivity index (χ4n) is 2.47. The van der Waals surface area contributed by atoms with Gasteiger partial charge in [-0.2, -0.15) is 0 Å². The van der Waals surface area contributed by atoms with E-state index in [1.54, 1.807) is 0 Å². The van der Waals surface area contributed by atoms with Gasteiger partial charge in [0.2, 0.25) is 0 Å². The van der Waals surface area contributed by atoms with Crippen molar-refractivity contribution in [2.75, 3.05) is 0 Å². The van der Waals surface area contributed by atoms with E-state index in [1.165, 1.54) is 10.8 Å². The summed E-state index contributed by atoms with van der Waals surface area (Å²) in [6.45, 7) is 0. The predicted octanol–water partition coefficient (Wildman–Crippen LogP) is 4.45. The summed E-state index contributed by atoms with van der Waals surface area (Å²) in [5.74, 6) is 0. The standard InChI is InChI=1S/C18H12N2/c1-2-6-14-11-16(10-9-13(14)5-1)18-12-15-7-3-4-8-17(15)19-20-18/h1-12H. The van der Waals surface area contributed by atoms with Crippen molar-refractivity contribution in [1.82, 2.24) is 10.2 Å². The molecule has 20 heavy (non-hydrogen) atoms. The highest BCUT2D eigenvalue weighted by molar-refractivity contribution is 5.88. The molecule has 0 aliphatic carbocycles. The average Bonchev–Trinajstić information content (AvgIpc) is 2.54. The first kappa shape index (κ1) is 11.1. The highest BCUT2D eigenvalue weighted by Crippen LogP contribution is 2.24. The minimum atomic E-state index is 0.912. The highest BCUT2D eigenvalue weighted by Gasteiger charge is 2.03. The fraction of sp³-hybridized carbons (Fsp3) is 0. The summed E-state index contributed by atoms with van der Waals surface area (Å²) < 4.78 is 0. The zero-order valence-corrected chi connectivity index (χ0v) is 10.8. The second kappa shape index (κ2) is 4.42. The van der Waals surface area contributed by atoms with E-state index in [4.69, 9.17) is 0 Å². The van der Waals surface area contributed by atoms with E-state index < -0.39 is 0 Å². The molecule has 4 aromatic rings. The molecule has 0 aliphatic rings. The van der Waals surface area contributed by atoms with Gasteiger partial charge in [0.1, 0.15) is 0 Å². The van der Waals surface area contributed by atoms with E-state index in [2.05, 4.69) is 64.8 Å². The first-order chi connectivity index (χ1) is 9.90. The number of aromatic nitrogens is 2. The van der Waals surface area contributed by atoms with Crippen molar-refractivity contribution < 1.29 is 0 Å². The molecule has 0 saturated heterocycles. The Balaban J connectivity index is 1.91. The zero-order chi connectivity index (χ0) is 13.4. The Bertz CT molecular complexity index is 836. The van der Waals surface area contributed by atoms with Gasteiger partial charge >= 0.3 is 0 Å². The Hall–Kier alpha value is -2.74. The fourth-order valence-corrected chi connectivity index (χ4v) is 2.47. The summed E-state index contributed by atoms with van der Waals surface area (Å²) in [5.41, 5.74) is 2.94. The Labute approximate surface area is 116 Å². The van der Waals surface area contributed by atoms with E-state index in [-0.39, 0.29) is 0 Å². The second-order valence-electron chi connectivity index (χ2n) is 4.85. The van der Waals surface area contributed by atoms with Crippen molar-refractivity contribution in [3.63, 3.8) is 0 Å². The van der Waals surface area contributed by atoms with Crippen molar-refractivity contribution in [2.24, 2.45) is 0 Å². The van der Waals surface area contributed by atoms with Crippen LogP contribution in [0, 0.1) is 0 Å². The zero-order valence-electron chi connectivity index (χ0n) is 10.8.